The molecule has 1 saturated heterocycles. The molecule has 1 aliphatic heterocycles. The van der Waals surface area contributed by atoms with E-state index in [0.717, 1.165) is 50.0 Å². The molecular formula is C20H33N5O2. The average Bonchev–Trinajstić information content (AvgIpc) is 2.71. The quantitative estimate of drug-likeness (QED) is 0.561. The summed E-state index contributed by atoms with van der Waals surface area (Å²) in [5, 5.41) is 6.30. The number of aliphatic imine (C=N–C) groups is 1. The Hall–Kier alpha value is -2.44. The van der Waals surface area contributed by atoms with Gasteiger partial charge in [0, 0.05) is 52.2 Å². The van der Waals surface area contributed by atoms with Gasteiger partial charge >= 0.3 is 0 Å². The lowest BCUT2D eigenvalue weighted by atomic mass is 10.2. The van der Waals surface area contributed by atoms with Crippen LogP contribution in [-0.4, -0.2) is 69.7 Å². The highest BCUT2D eigenvalue weighted by Crippen LogP contribution is 2.28. The minimum Gasteiger partial charge on any atom is -0.495 e. The van der Waals surface area contributed by atoms with E-state index in [2.05, 4.69) is 38.4 Å². The van der Waals surface area contributed by atoms with Crippen molar-refractivity contribution < 1.29 is 9.53 Å². The highest BCUT2D eigenvalue weighted by Gasteiger charge is 2.21. The first-order chi connectivity index (χ1) is 13.1. The predicted molar refractivity (Wildman–Crippen MR) is 111 cm³/mol. The summed E-state index contributed by atoms with van der Waals surface area (Å²) in [5.41, 5.74) is 1.13. The fraction of sp³-hybridized carbons (Fsp3) is 0.600. The number of guanidine groups is 1. The zero-order chi connectivity index (χ0) is 19.6. The van der Waals surface area contributed by atoms with E-state index in [1.165, 1.54) is 0 Å². The first kappa shape index (κ1) is 20.9. The second-order valence-electron chi connectivity index (χ2n) is 6.75. The molecule has 2 rings (SSSR count). The summed E-state index contributed by atoms with van der Waals surface area (Å²) in [4.78, 5) is 20.8. The van der Waals surface area contributed by atoms with Gasteiger partial charge in [-0.1, -0.05) is 19.1 Å². The van der Waals surface area contributed by atoms with Crippen molar-refractivity contribution in [3.63, 3.8) is 0 Å². The molecule has 1 fully saturated rings. The normalized spacial score (nSPS) is 16.1. The molecular weight excluding hydrogens is 342 g/mol. The summed E-state index contributed by atoms with van der Waals surface area (Å²) in [5.74, 6) is 1.83. The van der Waals surface area contributed by atoms with Crippen LogP contribution in [0, 0.1) is 0 Å². The van der Waals surface area contributed by atoms with Gasteiger partial charge in [0.2, 0.25) is 5.91 Å². The number of rotatable bonds is 7. The molecule has 1 amide bonds. The van der Waals surface area contributed by atoms with Crippen LogP contribution in [0.1, 0.15) is 26.7 Å². The maximum Gasteiger partial charge on any atom is 0.221 e. The van der Waals surface area contributed by atoms with Gasteiger partial charge in [0.1, 0.15) is 5.75 Å². The van der Waals surface area contributed by atoms with Gasteiger partial charge < -0.3 is 25.2 Å². The Morgan fingerprint density at radius 2 is 1.96 bits per heavy atom. The highest BCUT2D eigenvalue weighted by molar-refractivity contribution is 5.81. The van der Waals surface area contributed by atoms with Gasteiger partial charge in [-0.3, -0.25) is 9.79 Å². The number of methoxy groups -OCH3 is 1. The van der Waals surface area contributed by atoms with Crippen LogP contribution in [0.4, 0.5) is 5.69 Å². The van der Waals surface area contributed by atoms with E-state index in [1.54, 1.807) is 14.2 Å². The Morgan fingerprint density at radius 1 is 1.26 bits per heavy atom. The van der Waals surface area contributed by atoms with E-state index in [0.29, 0.717) is 13.0 Å². The number of piperazine rings is 1. The van der Waals surface area contributed by atoms with Crippen molar-refractivity contribution in [1.82, 2.24) is 15.5 Å². The number of ether oxygens (including phenoxy) is 1. The molecule has 1 aliphatic rings. The maximum atomic E-state index is 11.9. The Balaban J connectivity index is 1.80. The van der Waals surface area contributed by atoms with Crippen molar-refractivity contribution in [2.24, 2.45) is 4.99 Å². The monoisotopic (exact) mass is 375 g/mol. The minimum atomic E-state index is 0.0771. The molecule has 150 valence electrons. The van der Waals surface area contributed by atoms with Crippen molar-refractivity contribution in [2.45, 2.75) is 32.7 Å². The first-order valence-corrected chi connectivity index (χ1v) is 9.72. The predicted octanol–water partition coefficient (Wildman–Crippen LogP) is 1.70. The van der Waals surface area contributed by atoms with Gasteiger partial charge in [-0.05, 0) is 25.5 Å². The van der Waals surface area contributed by atoms with E-state index in [1.807, 2.05) is 25.1 Å². The smallest absolute Gasteiger partial charge is 0.221 e. The summed E-state index contributed by atoms with van der Waals surface area (Å²) in [6, 6.07) is 8.33. The van der Waals surface area contributed by atoms with Crippen LogP contribution >= 0.6 is 0 Å². The molecule has 1 heterocycles. The van der Waals surface area contributed by atoms with Gasteiger partial charge in [-0.25, -0.2) is 0 Å². The molecule has 0 aromatic heterocycles. The standard InChI is InChI=1S/C20H33N5O2/c1-5-16(2)23-19(26)10-11-22-20(21-3)25-14-12-24(13-15-25)17-8-6-7-9-18(17)27-4/h6-9,16H,5,10-15H2,1-4H3,(H,21,22)(H,23,26). The molecule has 1 aromatic rings. The Kier molecular flexibility index (Phi) is 8.23. The molecule has 1 aromatic carbocycles. The van der Waals surface area contributed by atoms with Crippen molar-refractivity contribution in [3.8, 4) is 5.75 Å². The number of hydrogen-bond donors (Lipinski definition) is 2. The zero-order valence-electron chi connectivity index (χ0n) is 17.0. The lowest BCUT2D eigenvalue weighted by molar-refractivity contribution is -0.121. The van der Waals surface area contributed by atoms with Gasteiger partial charge in [0.05, 0.1) is 12.8 Å². The van der Waals surface area contributed by atoms with E-state index in [4.69, 9.17) is 4.74 Å². The zero-order valence-corrected chi connectivity index (χ0v) is 17.0. The van der Waals surface area contributed by atoms with Crippen LogP contribution in [0.25, 0.3) is 0 Å². The number of para-hydroxylation sites is 2. The van der Waals surface area contributed by atoms with Gasteiger partial charge in [-0.15, -0.1) is 0 Å². The highest BCUT2D eigenvalue weighted by atomic mass is 16.5. The summed E-state index contributed by atoms with van der Waals surface area (Å²) in [7, 11) is 3.49. The summed E-state index contributed by atoms with van der Waals surface area (Å²) < 4.78 is 5.48. The van der Waals surface area contributed by atoms with Crippen LogP contribution in [0.3, 0.4) is 0 Å². The third kappa shape index (κ3) is 6.05. The fourth-order valence-electron chi connectivity index (χ4n) is 3.12. The topological polar surface area (TPSA) is 69.2 Å². The van der Waals surface area contributed by atoms with Crippen molar-refractivity contribution in [3.05, 3.63) is 24.3 Å². The van der Waals surface area contributed by atoms with E-state index >= 15 is 0 Å². The molecule has 7 nitrogen and oxygen atoms in total. The van der Waals surface area contributed by atoms with Crippen LogP contribution in [-0.2, 0) is 4.79 Å². The molecule has 1 unspecified atom stereocenters. The summed E-state index contributed by atoms with van der Waals surface area (Å²) >= 11 is 0. The summed E-state index contributed by atoms with van der Waals surface area (Å²) in [6.07, 6.45) is 1.39. The van der Waals surface area contributed by atoms with Gasteiger partial charge in [0.25, 0.3) is 0 Å². The molecule has 0 saturated carbocycles. The number of benzene rings is 1. The Morgan fingerprint density at radius 3 is 2.59 bits per heavy atom. The van der Waals surface area contributed by atoms with E-state index < -0.39 is 0 Å². The third-order valence-corrected chi connectivity index (χ3v) is 4.87. The van der Waals surface area contributed by atoms with Crippen LogP contribution in [0.5, 0.6) is 5.75 Å². The first-order valence-electron chi connectivity index (χ1n) is 9.72. The number of nitrogens with one attached hydrogen (secondary N) is 2. The molecule has 0 spiro atoms. The number of amides is 1. The molecule has 27 heavy (non-hydrogen) atoms. The SMILES string of the molecule is CCC(C)NC(=O)CCNC(=NC)N1CCN(c2ccccc2OC)CC1. The largest absolute Gasteiger partial charge is 0.495 e. The van der Waals surface area contributed by atoms with Gasteiger partial charge in [-0.2, -0.15) is 0 Å². The minimum absolute atomic E-state index is 0.0771. The Labute approximate surface area is 162 Å². The van der Waals surface area contributed by atoms with E-state index in [-0.39, 0.29) is 11.9 Å². The average molecular weight is 376 g/mol. The second-order valence-corrected chi connectivity index (χ2v) is 6.75. The van der Waals surface area contributed by atoms with Crippen molar-refractivity contribution in [1.29, 1.82) is 0 Å². The number of hydrogen-bond acceptors (Lipinski definition) is 4. The second kappa shape index (κ2) is 10.6. The molecule has 2 N–H and O–H groups in total. The van der Waals surface area contributed by atoms with Crippen LogP contribution in [0.2, 0.25) is 0 Å². The van der Waals surface area contributed by atoms with Gasteiger partial charge in [0.15, 0.2) is 5.96 Å². The molecule has 7 heteroatoms. The molecule has 1 atom stereocenters. The van der Waals surface area contributed by atoms with Crippen LogP contribution in [0.15, 0.2) is 29.3 Å². The number of carbonyl (C=O) groups excluding carboxylic acids is 1. The molecule has 0 radical (unpaired) electrons. The lowest BCUT2D eigenvalue weighted by Crippen LogP contribution is -2.53. The third-order valence-electron chi connectivity index (χ3n) is 4.87. The van der Waals surface area contributed by atoms with Crippen LogP contribution < -0.4 is 20.3 Å². The molecule has 0 aliphatic carbocycles. The van der Waals surface area contributed by atoms with E-state index in [9.17, 15) is 4.79 Å². The number of nitrogens with zero attached hydrogens (tertiary/aromatic N) is 3. The Bertz CT molecular complexity index is 627. The lowest BCUT2D eigenvalue weighted by Gasteiger charge is -2.38. The molecule has 0 bridgehead atoms. The fourth-order valence-corrected chi connectivity index (χ4v) is 3.12. The number of carbonyl (C=O) groups is 1. The van der Waals surface area contributed by atoms with Crippen molar-refractivity contribution >= 4 is 17.6 Å². The van der Waals surface area contributed by atoms with Crippen molar-refractivity contribution in [2.75, 3.05) is 51.8 Å². The summed E-state index contributed by atoms with van der Waals surface area (Å²) in [6.45, 7) is 8.21. The number of anilines is 1. The maximum absolute atomic E-state index is 11.9.